The maximum Gasteiger partial charge on any atom is 0.266 e. The van der Waals surface area contributed by atoms with E-state index < -0.39 is 12.2 Å². The average Bonchev–Trinajstić information content (AvgIpc) is 3.68. The maximum atomic E-state index is 15.5. The first-order valence-electron chi connectivity index (χ1n) is 13.5. The van der Waals surface area contributed by atoms with Gasteiger partial charge < -0.3 is 20.9 Å². The summed E-state index contributed by atoms with van der Waals surface area (Å²) in [4.78, 5) is 19.4. The van der Waals surface area contributed by atoms with Crippen molar-refractivity contribution >= 4 is 17.4 Å². The Morgan fingerprint density at radius 1 is 1.27 bits per heavy atom. The number of pyridine rings is 1. The zero-order valence-electron chi connectivity index (χ0n) is 21.3. The molecule has 2 fully saturated rings. The number of nitrogens with zero attached hydrogens (tertiary/aromatic N) is 2. The van der Waals surface area contributed by atoms with Crippen LogP contribution in [0, 0.1) is 11.7 Å². The van der Waals surface area contributed by atoms with Gasteiger partial charge in [0.2, 0.25) is 0 Å². The Morgan fingerprint density at radius 2 is 2.11 bits per heavy atom. The molecule has 0 spiro atoms. The molecule has 198 valence electrons. The summed E-state index contributed by atoms with van der Waals surface area (Å²) in [5.74, 6) is 1.23. The van der Waals surface area contributed by atoms with Crippen LogP contribution < -0.4 is 20.9 Å². The number of benzene rings is 1. The Hall–Kier alpha value is -2.81. The molecule has 2 aromatic rings. The number of piperazine rings is 1. The summed E-state index contributed by atoms with van der Waals surface area (Å²) >= 11 is 0. The Bertz CT molecular complexity index is 1220. The number of halogens is 3. The van der Waals surface area contributed by atoms with E-state index in [-0.39, 0.29) is 36.0 Å². The van der Waals surface area contributed by atoms with Gasteiger partial charge in [-0.1, -0.05) is 6.92 Å². The average molecular weight is 514 g/mol. The van der Waals surface area contributed by atoms with Crippen LogP contribution >= 0.6 is 0 Å². The molecular weight excluding hydrogens is 479 g/mol. The number of hydrogen-bond donors (Lipinski definition) is 3. The van der Waals surface area contributed by atoms with Crippen molar-refractivity contribution < 1.29 is 18.0 Å². The van der Waals surface area contributed by atoms with E-state index in [2.05, 4.69) is 27.9 Å². The van der Waals surface area contributed by atoms with Gasteiger partial charge in [0.05, 0.1) is 5.56 Å². The predicted octanol–water partition coefficient (Wildman–Crippen LogP) is 4.55. The second-order valence-corrected chi connectivity index (χ2v) is 11.2. The van der Waals surface area contributed by atoms with E-state index in [1.807, 2.05) is 17.9 Å². The van der Waals surface area contributed by atoms with E-state index in [1.165, 1.54) is 6.07 Å². The van der Waals surface area contributed by atoms with Gasteiger partial charge in [-0.3, -0.25) is 4.79 Å². The molecule has 37 heavy (non-hydrogen) atoms. The lowest BCUT2D eigenvalue weighted by atomic mass is 9.83. The van der Waals surface area contributed by atoms with E-state index in [1.54, 1.807) is 6.20 Å². The molecule has 6 rings (SSSR count). The van der Waals surface area contributed by atoms with Crippen LogP contribution in [0.3, 0.4) is 0 Å². The Labute approximate surface area is 215 Å². The number of amides is 1. The normalized spacial score (nSPS) is 28.2. The summed E-state index contributed by atoms with van der Waals surface area (Å²) in [6.45, 7) is 6.14. The lowest BCUT2D eigenvalue weighted by Crippen LogP contribution is -2.55. The summed E-state index contributed by atoms with van der Waals surface area (Å²) in [5, 5.41) is 9.81. The number of nitrogens with one attached hydrogen (secondary N) is 3. The molecule has 1 saturated carbocycles. The fourth-order valence-corrected chi connectivity index (χ4v) is 6.56. The zero-order valence-corrected chi connectivity index (χ0v) is 21.3. The first-order valence-corrected chi connectivity index (χ1v) is 13.5. The number of anilines is 2. The Morgan fingerprint density at radius 3 is 2.89 bits per heavy atom. The number of rotatable bonds is 5. The summed E-state index contributed by atoms with van der Waals surface area (Å²) in [6.07, 6.45) is 1.86. The molecule has 4 aliphatic rings. The minimum Gasteiger partial charge on any atom is -0.370 e. The van der Waals surface area contributed by atoms with Crippen LogP contribution in [0.2, 0.25) is 0 Å². The van der Waals surface area contributed by atoms with Crippen molar-refractivity contribution in [2.75, 3.05) is 29.9 Å². The molecule has 5 atom stereocenters. The van der Waals surface area contributed by atoms with Gasteiger partial charge in [-0.15, -0.1) is 0 Å². The molecule has 3 heterocycles. The van der Waals surface area contributed by atoms with Gasteiger partial charge >= 0.3 is 0 Å². The van der Waals surface area contributed by atoms with E-state index >= 15 is 4.39 Å². The van der Waals surface area contributed by atoms with Gasteiger partial charge in [-0.25, -0.2) is 18.2 Å². The first-order chi connectivity index (χ1) is 17.8. The fourth-order valence-electron chi connectivity index (χ4n) is 6.56. The Kier molecular flexibility index (Phi) is 6.29. The van der Waals surface area contributed by atoms with Crippen molar-refractivity contribution in [1.82, 2.24) is 15.6 Å². The molecule has 2 aliphatic heterocycles. The highest BCUT2D eigenvalue weighted by molar-refractivity contribution is 5.94. The number of aromatic nitrogens is 1. The first kappa shape index (κ1) is 24.5. The minimum atomic E-state index is -2.69. The van der Waals surface area contributed by atoms with Crippen molar-refractivity contribution in [2.45, 2.75) is 76.4 Å². The van der Waals surface area contributed by atoms with Crippen molar-refractivity contribution in [1.29, 1.82) is 0 Å². The predicted molar refractivity (Wildman–Crippen MR) is 137 cm³/mol. The van der Waals surface area contributed by atoms with Crippen molar-refractivity contribution in [3.63, 3.8) is 0 Å². The van der Waals surface area contributed by atoms with Crippen LogP contribution in [0.5, 0.6) is 0 Å². The largest absolute Gasteiger partial charge is 0.370 e. The van der Waals surface area contributed by atoms with Gasteiger partial charge in [0.25, 0.3) is 12.3 Å². The topological polar surface area (TPSA) is 69.3 Å². The molecule has 1 amide bonds. The number of alkyl halides is 2. The SMILES string of the molecule is CCC1CN(c2cc(F)c3c(c2C(F)F)CC[C@@H](NC(=O)c2cnc4c(c2)[C@H]2C[C@H]2CN4)C3)CC(C)N1. The number of carbonyl (C=O) groups excluding carboxylic acids is 1. The second-order valence-electron chi connectivity index (χ2n) is 11.2. The van der Waals surface area contributed by atoms with E-state index in [9.17, 15) is 13.6 Å². The third kappa shape index (κ3) is 4.56. The molecular formula is C28H34F3N5O. The molecule has 6 nitrogen and oxygen atoms in total. The van der Waals surface area contributed by atoms with Crippen LogP contribution in [0.25, 0.3) is 0 Å². The third-order valence-electron chi connectivity index (χ3n) is 8.59. The lowest BCUT2D eigenvalue weighted by Gasteiger charge is -2.40. The highest BCUT2D eigenvalue weighted by Gasteiger charge is 2.43. The summed E-state index contributed by atoms with van der Waals surface area (Å²) < 4.78 is 44.3. The summed E-state index contributed by atoms with van der Waals surface area (Å²) in [6, 6.07) is 3.18. The van der Waals surface area contributed by atoms with Crippen LogP contribution in [0.15, 0.2) is 18.3 Å². The van der Waals surface area contributed by atoms with Gasteiger partial charge in [-0.05, 0) is 79.7 Å². The molecule has 0 bridgehead atoms. The molecule has 3 N–H and O–H groups in total. The van der Waals surface area contributed by atoms with Gasteiger partial charge in [-0.2, -0.15) is 0 Å². The Balaban J connectivity index is 1.22. The molecule has 0 radical (unpaired) electrons. The van der Waals surface area contributed by atoms with Crippen molar-refractivity contribution in [2.24, 2.45) is 5.92 Å². The molecule has 2 unspecified atom stereocenters. The fraction of sp³-hybridized carbons (Fsp3) is 0.571. The highest BCUT2D eigenvalue weighted by atomic mass is 19.3. The quantitative estimate of drug-likeness (QED) is 0.547. The van der Waals surface area contributed by atoms with E-state index in [0.29, 0.717) is 60.1 Å². The van der Waals surface area contributed by atoms with Gasteiger partial charge in [0.15, 0.2) is 0 Å². The van der Waals surface area contributed by atoms with E-state index in [0.717, 1.165) is 30.8 Å². The van der Waals surface area contributed by atoms with Crippen molar-refractivity contribution in [3.05, 3.63) is 52.0 Å². The van der Waals surface area contributed by atoms with Gasteiger partial charge in [0, 0.05) is 55.2 Å². The van der Waals surface area contributed by atoms with Gasteiger partial charge in [0.1, 0.15) is 11.6 Å². The summed E-state index contributed by atoms with van der Waals surface area (Å²) in [5.41, 5.74) is 2.56. The van der Waals surface area contributed by atoms with Crippen LogP contribution in [0.1, 0.15) is 78.1 Å². The maximum absolute atomic E-state index is 15.5. The number of hydrogen-bond acceptors (Lipinski definition) is 5. The van der Waals surface area contributed by atoms with Crippen molar-refractivity contribution in [3.8, 4) is 0 Å². The van der Waals surface area contributed by atoms with E-state index in [4.69, 9.17) is 0 Å². The van der Waals surface area contributed by atoms with Crippen LogP contribution in [-0.4, -0.2) is 48.7 Å². The molecule has 2 aliphatic carbocycles. The second kappa shape index (κ2) is 9.49. The smallest absolute Gasteiger partial charge is 0.266 e. The minimum absolute atomic E-state index is 0.0458. The zero-order chi connectivity index (χ0) is 25.8. The lowest BCUT2D eigenvalue weighted by molar-refractivity contribution is 0.0932. The molecule has 9 heteroatoms. The number of fused-ring (bicyclic) bond motifs is 4. The molecule has 1 aromatic carbocycles. The highest BCUT2D eigenvalue weighted by Crippen LogP contribution is 2.52. The number of carbonyl (C=O) groups is 1. The monoisotopic (exact) mass is 513 g/mol. The third-order valence-corrected chi connectivity index (χ3v) is 8.59. The standard InChI is InChI=1S/C28H34F3N5O/c1-3-17-13-36(12-14(2)34-17)24-9-23(29)21-8-18(4-5-19(21)25(24)26(30)31)35-28(37)16-7-22-20-6-15(20)10-32-27(22)33-11-16/h7,9,11,14-15,17-18,20,26,34H,3-6,8,10,12-13H2,1-2H3,(H,32,33)(H,35,37)/t14?,15-,17?,18+,20-/m0/s1. The summed E-state index contributed by atoms with van der Waals surface area (Å²) in [7, 11) is 0. The molecule has 1 saturated heterocycles. The van der Waals surface area contributed by atoms with Crippen LogP contribution in [-0.2, 0) is 12.8 Å². The van der Waals surface area contributed by atoms with Crippen LogP contribution in [0.4, 0.5) is 24.7 Å². The molecule has 1 aromatic heterocycles.